The number of likely N-dealkylation sites (N-methyl/N-ethyl adjacent to an activating group) is 1. The van der Waals surface area contributed by atoms with Crippen molar-refractivity contribution >= 4 is 33.3 Å². The van der Waals surface area contributed by atoms with Crippen molar-refractivity contribution in [3.8, 4) is 5.75 Å². The monoisotopic (exact) mass is 570 g/mol. The van der Waals surface area contributed by atoms with Crippen LogP contribution in [0.1, 0.15) is 24.2 Å². The summed E-state index contributed by atoms with van der Waals surface area (Å²) in [4.78, 5) is 31.7. The van der Waals surface area contributed by atoms with Gasteiger partial charge in [-0.3, -0.25) is 4.79 Å². The first-order valence-electron chi connectivity index (χ1n) is 12.8. The number of amides is 3. The van der Waals surface area contributed by atoms with Gasteiger partial charge in [-0.2, -0.15) is 4.31 Å². The molecule has 0 radical (unpaired) electrons. The molecule has 0 spiro atoms. The van der Waals surface area contributed by atoms with Crippen LogP contribution in [0.15, 0.2) is 66.1 Å². The molecule has 0 bridgehead atoms. The Hall–Kier alpha value is -3.94. The van der Waals surface area contributed by atoms with Crippen molar-refractivity contribution in [3.63, 3.8) is 0 Å². The van der Waals surface area contributed by atoms with Crippen LogP contribution in [0.3, 0.4) is 0 Å². The predicted octanol–water partition coefficient (Wildman–Crippen LogP) is 2.60. The highest BCUT2D eigenvalue weighted by Crippen LogP contribution is 2.31. The van der Waals surface area contributed by atoms with Crippen LogP contribution in [0.25, 0.3) is 0 Å². The lowest BCUT2D eigenvalue weighted by molar-refractivity contribution is 0.0387. The van der Waals surface area contributed by atoms with Crippen molar-refractivity contribution in [3.05, 3.63) is 66.6 Å². The molecule has 0 fully saturated rings. The number of aliphatic hydroxyl groups excluding tert-OH is 1. The zero-order valence-corrected chi connectivity index (χ0v) is 23.6. The number of hydrogen-bond acceptors (Lipinski definition) is 7. The third-order valence-electron chi connectivity index (χ3n) is 6.75. The molecular weight excluding hydrogens is 536 g/mol. The molecule has 12 nitrogen and oxygen atoms in total. The van der Waals surface area contributed by atoms with Gasteiger partial charge in [0.15, 0.2) is 5.03 Å². The summed E-state index contributed by atoms with van der Waals surface area (Å²) in [6.07, 6.45) is 2.20. The second kappa shape index (κ2) is 12.1. The molecule has 2 heterocycles. The molecule has 0 saturated carbocycles. The van der Waals surface area contributed by atoms with Gasteiger partial charge in [0.2, 0.25) is 0 Å². The van der Waals surface area contributed by atoms with Crippen LogP contribution < -0.4 is 15.4 Å². The van der Waals surface area contributed by atoms with Gasteiger partial charge in [0, 0.05) is 44.1 Å². The van der Waals surface area contributed by atoms with Gasteiger partial charge in [-0.25, -0.2) is 18.2 Å². The molecule has 2 aromatic carbocycles. The molecule has 40 heavy (non-hydrogen) atoms. The van der Waals surface area contributed by atoms with E-state index >= 15 is 0 Å². The highest BCUT2D eigenvalue weighted by Gasteiger charge is 2.35. The number of hydrogen-bond donors (Lipinski definition) is 3. The van der Waals surface area contributed by atoms with E-state index in [1.54, 1.807) is 59.8 Å². The number of nitrogens with zero attached hydrogens (tertiary/aromatic N) is 4. The molecule has 0 saturated heterocycles. The van der Waals surface area contributed by atoms with E-state index in [4.69, 9.17) is 4.74 Å². The fourth-order valence-electron chi connectivity index (χ4n) is 4.37. The maximum atomic E-state index is 13.6. The summed E-state index contributed by atoms with van der Waals surface area (Å²) in [6, 6.07) is 12.6. The van der Waals surface area contributed by atoms with Gasteiger partial charge in [0.1, 0.15) is 11.9 Å². The number of fused-ring (bicyclic) bond motifs is 1. The van der Waals surface area contributed by atoms with E-state index in [0.29, 0.717) is 11.4 Å². The van der Waals surface area contributed by atoms with Crippen molar-refractivity contribution in [2.75, 3.05) is 37.4 Å². The summed E-state index contributed by atoms with van der Waals surface area (Å²) in [7, 11) is -0.743. The number of sulfonamides is 1. The minimum atomic E-state index is -3.88. The molecule has 3 amide bonds. The number of aliphatic hydroxyl groups is 1. The number of urea groups is 1. The molecule has 0 aliphatic carbocycles. The Morgan fingerprint density at radius 3 is 2.55 bits per heavy atom. The minimum absolute atomic E-state index is 0.00542. The number of para-hydroxylation sites is 1. The van der Waals surface area contributed by atoms with Crippen molar-refractivity contribution in [2.24, 2.45) is 13.0 Å². The maximum Gasteiger partial charge on any atom is 0.323 e. The second-order valence-corrected chi connectivity index (χ2v) is 11.9. The van der Waals surface area contributed by atoms with Crippen molar-refractivity contribution in [1.82, 2.24) is 18.8 Å². The number of aryl methyl sites for hydroxylation is 1. The molecule has 4 rings (SSSR count). The summed E-state index contributed by atoms with van der Waals surface area (Å²) in [5, 5.41) is 15.2. The molecular formula is C27H34N6O6S. The molecule has 3 aromatic rings. The van der Waals surface area contributed by atoms with Crippen LogP contribution in [-0.4, -0.2) is 83.1 Å². The molecule has 1 aliphatic rings. The molecule has 3 unspecified atom stereocenters. The van der Waals surface area contributed by atoms with E-state index < -0.39 is 28.2 Å². The van der Waals surface area contributed by atoms with Gasteiger partial charge in [0.25, 0.3) is 15.9 Å². The van der Waals surface area contributed by atoms with E-state index in [-0.39, 0.29) is 47.9 Å². The van der Waals surface area contributed by atoms with Crippen LogP contribution in [0.2, 0.25) is 0 Å². The molecule has 1 aliphatic heterocycles. The van der Waals surface area contributed by atoms with Crippen LogP contribution in [0.4, 0.5) is 16.2 Å². The summed E-state index contributed by atoms with van der Waals surface area (Å²) in [5.41, 5.74) is 1.15. The Labute approximate surface area is 233 Å². The number of ether oxygens (including phenoxy) is 1. The topological polar surface area (TPSA) is 146 Å². The molecule has 3 N–H and O–H groups in total. The number of benzene rings is 2. The Balaban J connectivity index is 1.61. The van der Waals surface area contributed by atoms with Gasteiger partial charge >= 0.3 is 6.03 Å². The van der Waals surface area contributed by atoms with Gasteiger partial charge in [0.05, 0.1) is 31.1 Å². The zero-order valence-electron chi connectivity index (χ0n) is 22.8. The second-order valence-electron chi connectivity index (χ2n) is 9.94. The van der Waals surface area contributed by atoms with Gasteiger partial charge in [-0.15, -0.1) is 0 Å². The molecule has 1 aromatic heterocycles. The number of aromatic nitrogens is 2. The lowest BCUT2D eigenvalue weighted by Gasteiger charge is -2.38. The van der Waals surface area contributed by atoms with Crippen molar-refractivity contribution in [2.45, 2.75) is 31.0 Å². The van der Waals surface area contributed by atoms with E-state index in [1.807, 2.05) is 13.0 Å². The predicted molar refractivity (Wildman–Crippen MR) is 150 cm³/mol. The normalized spacial score (nSPS) is 18.4. The largest absolute Gasteiger partial charge is 0.488 e. The quantitative estimate of drug-likeness (QED) is 0.377. The number of carbonyl (C=O) groups is 2. The Bertz CT molecular complexity index is 1460. The highest BCUT2D eigenvalue weighted by atomic mass is 32.2. The van der Waals surface area contributed by atoms with E-state index in [2.05, 4.69) is 15.6 Å². The van der Waals surface area contributed by atoms with Gasteiger partial charge < -0.3 is 29.9 Å². The van der Waals surface area contributed by atoms with Gasteiger partial charge in [-0.1, -0.05) is 25.1 Å². The first kappa shape index (κ1) is 29.1. The van der Waals surface area contributed by atoms with Crippen molar-refractivity contribution < 1.29 is 27.9 Å². The number of rotatable bonds is 8. The summed E-state index contributed by atoms with van der Waals surface area (Å²) < 4.78 is 35.3. The third-order valence-corrected chi connectivity index (χ3v) is 8.46. The Kier molecular flexibility index (Phi) is 8.76. The average molecular weight is 571 g/mol. The molecule has 3 atom stereocenters. The fraction of sp³-hybridized carbons (Fsp3) is 0.370. The standard InChI is InChI=1S/C27H34N6O6S/c1-18-13-33(19(2)16-34)26(35)22-12-21(30-27(36)29-20-8-6-5-7-9-20)10-11-23(22)39-24(18)14-32(4)40(37,38)25-15-31(3)17-28-25/h5-12,15,17-19,24,34H,13-14,16H2,1-4H3,(H2,29,30,36). The maximum absolute atomic E-state index is 13.6. The van der Waals surface area contributed by atoms with E-state index in [1.165, 1.54) is 29.9 Å². The zero-order chi connectivity index (χ0) is 29.0. The number of imidazole rings is 1. The molecule has 13 heteroatoms. The lowest BCUT2D eigenvalue weighted by atomic mass is 9.99. The molecule has 214 valence electrons. The van der Waals surface area contributed by atoms with Crippen LogP contribution >= 0.6 is 0 Å². The Morgan fingerprint density at radius 2 is 1.90 bits per heavy atom. The summed E-state index contributed by atoms with van der Waals surface area (Å²) in [6.45, 7) is 3.55. The smallest absolute Gasteiger partial charge is 0.323 e. The van der Waals surface area contributed by atoms with Crippen LogP contribution in [0, 0.1) is 5.92 Å². The fourth-order valence-corrected chi connectivity index (χ4v) is 5.51. The van der Waals surface area contributed by atoms with Crippen molar-refractivity contribution in [1.29, 1.82) is 0 Å². The van der Waals surface area contributed by atoms with E-state index in [0.717, 1.165) is 0 Å². The number of anilines is 2. The Morgan fingerprint density at radius 1 is 1.20 bits per heavy atom. The summed E-state index contributed by atoms with van der Waals surface area (Å²) >= 11 is 0. The first-order valence-corrected chi connectivity index (χ1v) is 14.2. The minimum Gasteiger partial charge on any atom is -0.488 e. The highest BCUT2D eigenvalue weighted by molar-refractivity contribution is 7.89. The lowest BCUT2D eigenvalue weighted by Crippen LogP contribution is -2.50. The number of carbonyl (C=O) groups excluding carboxylic acids is 2. The first-order chi connectivity index (χ1) is 19.0. The third kappa shape index (κ3) is 6.43. The van der Waals surface area contributed by atoms with Crippen LogP contribution in [-0.2, 0) is 17.1 Å². The van der Waals surface area contributed by atoms with Gasteiger partial charge in [-0.05, 0) is 37.3 Å². The average Bonchev–Trinajstić information content (AvgIpc) is 3.38. The number of nitrogens with one attached hydrogen (secondary N) is 2. The summed E-state index contributed by atoms with van der Waals surface area (Å²) in [5.74, 6) is -0.417. The van der Waals surface area contributed by atoms with E-state index in [9.17, 15) is 23.1 Å². The van der Waals surface area contributed by atoms with Crippen LogP contribution in [0.5, 0.6) is 5.75 Å². The SMILES string of the molecule is CC1CN(C(C)CO)C(=O)c2cc(NC(=O)Nc3ccccc3)ccc2OC1CN(C)S(=O)(=O)c1cn(C)cn1.